The molecule has 1 aromatic rings. The van der Waals surface area contributed by atoms with Crippen LogP contribution < -0.4 is 4.74 Å². The van der Waals surface area contributed by atoms with Gasteiger partial charge in [-0.25, -0.2) is 0 Å². The number of nitrogens with zero attached hydrogens (tertiary/aromatic N) is 1. The summed E-state index contributed by atoms with van der Waals surface area (Å²) in [6.07, 6.45) is 2.69. The molecule has 4 heteroatoms. The average molecular weight is 312 g/mol. The molecular weight excluding hydrogens is 294 g/mol. The molecule has 0 aromatic heterocycles. The van der Waals surface area contributed by atoms with Gasteiger partial charge in [0, 0.05) is 17.9 Å². The van der Waals surface area contributed by atoms with E-state index in [4.69, 9.17) is 4.74 Å². The minimum absolute atomic E-state index is 0.190. The van der Waals surface area contributed by atoms with Crippen molar-refractivity contribution in [3.05, 3.63) is 30.3 Å². The predicted octanol–water partition coefficient (Wildman–Crippen LogP) is 2.84. The average Bonchev–Trinajstić information content (AvgIpc) is 2.40. The molecule has 1 aliphatic heterocycles. The molecule has 3 nitrogen and oxygen atoms in total. The number of likely N-dealkylation sites (tertiary alicyclic amines) is 1. The van der Waals surface area contributed by atoms with Crippen LogP contribution in [0.5, 0.6) is 5.75 Å². The summed E-state index contributed by atoms with van der Waals surface area (Å²) in [4.78, 5) is 14.3. The molecule has 0 N–H and O–H groups in total. The van der Waals surface area contributed by atoms with E-state index in [-0.39, 0.29) is 5.91 Å². The van der Waals surface area contributed by atoms with Crippen molar-refractivity contribution in [2.45, 2.75) is 24.1 Å². The number of ether oxygens (including phenoxy) is 1. The van der Waals surface area contributed by atoms with Crippen LogP contribution >= 0.6 is 15.9 Å². The topological polar surface area (TPSA) is 29.5 Å². The molecule has 1 saturated heterocycles. The van der Waals surface area contributed by atoms with Crippen molar-refractivity contribution in [1.82, 2.24) is 4.90 Å². The molecule has 0 spiro atoms. The highest BCUT2D eigenvalue weighted by Crippen LogP contribution is 2.17. The highest BCUT2D eigenvalue weighted by atomic mass is 79.9. The van der Waals surface area contributed by atoms with Gasteiger partial charge in [-0.3, -0.25) is 4.79 Å². The van der Waals surface area contributed by atoms with Crippen LogP contribution in [-0.2, 0) is 4.79 Å². The van der Waals surface area contributed by atoms with Crippen LogP contribution in [0.3, 0.4) is 0 Å². The van der Waals surface area contributed by atoms with Crippen LogP contribution in [0.1, 0.15) is 19.3 Å². The van der Waals surface area contributed by atoms with Gasteiger partial charge in [-0.1, -0.05) is 34.1 Å². The smallest absolute Gasteiger partial charge is 0.226 e. The maximum atomic E-state index is 12.0. The van der Waals surface area contributed by atoms with Gasteiger partial charge in [-0.05, 0) is 25.0 Å². The Labute approximate surface area is 116 Å². The van der Waals surface area contributed by atoms with E-state index in [9.17, 15) is 4.79 Å². The van der Waals surface area contributed by atoms with Crippen molar-refractivity contribution >= 4 is 21.8 Å². The summed E-state index contributed by atoms with van der Waals surface area (Å²) in [5.41, 5.74) is 0. The number of carbonyl (C=O) groups excluding carboxylic acids is 1. The van der Waals surface area contributed by atoms with Crippen molar-refractivity contribution in [3.8, 4) is 5.75 Å². The zero-order chi connectivity index (χ0) is 12.8. The van der Waals surface area contributed by atoms with Crippen LogP contribution in [0.2, 0.25) is 0 Å². The van der Waals surface area contributed by atoms with Gasteiger partial charge < -0.3 is 9.64 Å². The minimum atomic E-state index is 0.190. The molecule has 98 valence electrons. The molecule has 0 saturated carbocycles. The van der Waals surface area contributed by atoms with E-state index < -0.39 is 0 Å². The Kier molecular flexibility index (Phi) is 5.05. The van der Waals surface area contributed by atoms with E-state index in [0.29, 0.717) is 17.9 Å². The summed E-state index contributed by atoms with van der Waals surface area (Å²) in [6.45, 7) is 2.16. The molecule has 1 aromatic carbocycles. The Morgan fingerprint density at radius 1 is 1.39 bits per heavy atom. The van der Waals surface area contributed by atoms with Crippen molar-refractivity contribution in [2.24, 2.45) is 0 Å². The number of hydrogen-bond donors (Lipinski definition) is 0. The fourth-order valence-corrected chi connectivity index (χ4v) is 2.76. The molecule has 1 atom stereocenters. The number of benzene rings is 1. The summed E-state index contributed by atoms with van der Waals surface area (Å²) >= 11 is 3.58. The lowest BCUT2D eigenvalue weighted by molar-refractivity contribution is -0.132. The van der Waals surface area contributed by atoms with Crippen LogP contribution in [0.25, 0.3) is 0 Å². The van der Waals surface area contributed by atoms with Crippen molar-refractivity contribution in [2.75, 3.05) is 19.7 Å². The van der Waals surface area contributed by atoms with Gasteiger partial charge in [-0.15, -0.1) is 0 Å². The molecule has 1 heterocycles. The zero-order valence-corrected chi connectivity index (χ0v) is 11.9. The number of rotatable bonds is 4. The first-order valence-electron chi connectivity index (χ1n) is 6.35. The molecule has 0 bridgehead atoms. The largest absolute Gasteiger partial charge is 0.493 e. The lowest BCUT2D eigenvalue weighted by atomic mass is 10.1. The summed E-state index contributed by atoms with van der Waals surface area (Å²) in [7, 11) is 0. The van der Waals surface area contributed by atoms with E-state index >= 15 is 0 Å². The normalized spacial score (nSPS) is 19.6. The Hall–Kier alpha value is -1.03. The highest BCUT2D eigenvalue weighted by Gasteiger charge is 2.21. The maximum Gasteiger partial charge on any atom is 0.226 e. The first kappa shape index (κ1) is 13.4. The first-order valence-corrected chi connectivity index (χ1v) is 7.27. The fraction of sp³-hybridized carbons (Fsp3) is 0.500. The van der Waals surface area contributed by atoms with Crippen LogP contribution in [0, 0.1) is 0 Å². The SMILES string of the molecule is O=C(CCOc1ccccc1)N1CCCC(Br)C1. The standard InChI is InChI=1S/C14H18BrNO2/c15-12-5-4-9-16(11-12)14(17)8-10-18-13-6-2-1-3-7-13/h1-3,6-7,12H,4-5,8-11H2. The Bertz CT molecular complexity index is 383. The molecule has 1 fully saturated rings. The number of amides is 1. The molecule has 2 rings (SSSR count). The molecular formula is C14H18BrNO2. The third-order valence-corrected chi connectivity index (χ3v) is 3.79. The van der Waals surface area contributed by atoms with Crippen molar-refractivity contribution < 1.29 is 9.53 Å². The monoisotopic (exact) mass is 311 g/mol. The molecule has 0 radical (unpaired) electrons. The Balaban J connectivity index is 1.71. The van der Waals surface area contributed by atoms with E-state index in [2.05, 4.69) is 15.9 Å². The van der Waals surface area contributed by atoms with Gasteiger partial charge in [0.25, 0.3) is 0 Å². The molecule has 1 amide bonds. The fourth-order valence-electron chi connectivity index (χ4n) is 2.08. The second-order valence-electron chi connectivity index (χ2n) is 4.49. The molecule has 1 unspecified atom stereocenters. The van der Waals surface area contributed by atoms with E-state index in [1.54, 1.807) is 0 Å². The first-order chi connectivity index (χ1) is 8.75. The number of carbonyl (C=O) groups is 1. The van der Waals surface area contributed by atoms with Gasteiger partial charge >= 0.3 is 0 Å². The van der Waals surface area contributed by atoms with Crippen LogP contribution in [0.15, 0.2) is 30.3 Å². The number of piperidine rings is 1. The predicted molar refractivity (Wildman–Crippen MR) is 75.1 cm³/mol. The molecule has 0 aliphatic carbocycles. The van der Waals surface area contributed by atoms with Crippen LogP contribution in [0.4, 0.5) is 0 Å². The van der Waals surface area contributed by atoms with Gasteiger partial charge in [0.2, 0.25) is 5.91 Å². The third kappa shape index (κ3) is 4.02. The zero-order valence-electron chi connectivity index (χ0n) is 10.3. The highest BCUT2D eigenvalue weighted by molar-refractivity contribution is 9.09. The van der Waals surface area contributed by atoms with Crippen molar-refractivity contribution in [1.29, 1.82) is 0 Å². The lowest BCUT2D eigenvalue weighted by Gasteiger charge is -2.30. The summed E-state index contributed by atoms with van der Waals surface area (Å²) in [5, 5.41) is 0. The Morgan fingerprint density at radius 2 is 2.17 bits per heavy atom. The van der Waals surface area contributed by atoms with Gasteiger partial charge in [0.1, 0.15) is 5.75 Å². The minimum Gasteiger partial charge on any atom is -0.493 e. The second-order valence-corrected chi connectivity index (χ2v) is 5.79. The molecule has 1 aliphatic rings. The maximum absolute atomic E-state index is 12.0. The van der Waals surface area contributed by atoms with Crippen LogP contribution in [-0.4, -0.2) is 35.3 Å². The number of halogens is 1. The van der Waals surface area contributed by atoms with Gasteiger partial charge in [-0.2, -0.15) is 0 Å². The van der Waals surface area contributed by atoms with Crippen molar-refractivity contribution in [3.63, 3.8) is 0 Å². The summed E-state index contributed by atoms with van der Waals surface area (Å²) in [6, 6.07) is 9.61. The summed E-state index contributed by atoms with van der Waals surface area (Å²) in [5.74, 6) is 1.01. The van der Waals surface area contributed by atoms with E-state index in [0.717, 1.165) is 31.7 Å². The Morgan fingerprint density at radius 3 is 2.89 bits per heavy atom. The number of hydrogen-bond acceptors (Lipinski definition) is 2. The molecule has 18 heavy (non-hydrogen) atoms. The second kappa shape index (κ2) is 6.78. The summed E-state index contributed by atoms with van der Waals surface area (Å²) < 4.78 is 5.54. The third-order valence-electron chi connectivity index (χ3n) is 3.04. The van der Waals surface area contributed by atoms with E-state index in [1.807, 2.05) is 35.2 Å². The van der Waals surface area contributed by atoms with E-state index in [1.165, 1.54) is 0 Å². The number of alkyl halides is 1. The van der Waals surface area contributed by atoms with Gasteiger partial charge in [0.05, 0.1) is 13.0 Å². The van der Waals surface area contributed by atoms with Gasteiger partial charge in [0.15, 0.2) is 0 Å². The number of para-hydroxylation sites is 1. The lowest BCUT2D eigenvalue weighted by Crippen LogP contribution is -2.40. The quantitative estimate of drug-likeness (QED) is 0.800.